The van der Waals surface area contributed by atoms with Crippen LogP contribution in [-0.2, 0) is 5.41 Å². The summed E-state index contributed by atoms with van der Waals surface area (Å²) in [6.45, 7) is 4.73. The van der Waals surface area contributed by atoms with Crippen molar-refractivity contribution >= 4 is 48.6 Å². The van der Waals surface area contributed by atoms with Crippen LogP contribution in [0.4, 0.5) is 17.1 Å². The monoisotopic (exact) mass is 695 g/mol. The van der Waals surface area contributed by atoms with Crippen LogP contribution in [-0.4, -0.2) is 0 Å². The number of nitrogens with zero attached hydrogens (tertiary/aromatic N) is 1. The Labute approximate surface area is 315 Å². The van der Waals surface area contributed by atoms with Crippen molar-refractivity contribution < 1.29 is 0 Å². The van der Waals surface area contributed by atoms with Crippen LogP contribution in [0.5, 0.6) is 0 Å². The molecule has 1 aliphatic carbocycles. The lowest BCUT2D eigenvalue weighted by Crippen LogP contribution is -2.17. The predicted molar refractivity (Wildman–Crippen MR) is 228 cm³/mol. The number of fused-ring (bicyclic) bond motifs is 6. The summed E-state index contributed by atoms with van der Waals surface area (Å²) in [5.41, 5.74) is 16.0. The van der Waals surface area contributed by atoms with Gasteiger partial charge in [-0.15, -0.1) is 11.3 Å². The number of hydrogen-bond donors (Lipinski definition) is 0. The number of hydrogen-bond acceptors (Lipinski definition) is 2. The second-order valence-electron chi connectivity index (χ2n) is 14.5. The van der Waals surface area contributed by atoms with Crippen molar-refractivity contribution in [1.82, 2.24) is 0 Å². The van der Waals surface area contributed by atoms with E-state index >= 15 is 0 Å². The molecular weight excluding hydrogens is 659 g/mol. The molecule has 9 aromatic rings. The predicted octanol–water partition coefficient (Wildman–Crippen LogP) is 14.8. The number of anilines is 3. The Bertz CT molecular complexity index is 2810. The molecule has 0 spiro atoms. The van der Waals surface area contributed by atoms with E-state index in [0.29, 0.717) is 0 Å². The molecule has 8 aromatic carbocycles. The molecule has 0 aliphatic heterocycles. The van der Waals surface area contributed by atoms with Gasteiger partial charge in [-0.2, -0.15) is 0 Å². The maximum absolute atomic E-state index is 2.48. The van der Waals surface area contributed by atoms with Crippen LogP contribution >= 0.6 is 11.3 Å². The summed E-state index contributed by atoms with van der Waals surface area (Å²) < 4.78 is 2.60. The highest BCUT2D eigenvalue weighted by Crippen LogP contribution is 2.53. The third-order valence-corrected chi connectivity index (χ3v) is 12.2. The van der Waals surface area contributed by atoms with Crippen LogP contribution < -0.4 is 4.90 Å². The first-order chi connectivity index (χ1) is 26.1. The summed E-state index contributed by atoms with van der Waals surface area (Å²) in [7, 11) is 0. The van der Waals surface area contributed by atoms with Gasteiger partial charge in [-0.1, -0.05) is 159 Å². The van der Waals surface area contributed by atoms with E-state index < -0.39 is 0 Å². The smallest absolute Gasteiger partial charge is 0.0546 e. The van der Waals surface area contributed by atoms with E-state index in [1.165, 1.54) is 75.8 Å². The summed E-state index contributed by atoms with van der Waals surface area (Å²) in [5.74, 6) is 0. The lowest BCUT2D eigenvalue weighted by Gasteiger charge is -2.31. The standard InChI is InChI=1S/C51H37NS/c1-51(2)44-27-13-11-23-39(44)40-32-31-36(33-45(40)51)52(35-19-7-4-8-20-35)46-28-15-25-41(38-22-10-9-21-37(38)34-17-5-3-6-18-34)49(46)43-26-16-30-48-50(43)42-24-12-14-29-47(42)53-48/h3-33H,1-2H3. The average Bonchev–Trinajstić information content (AvgIpc) is 3.71. The van der Waals surface area contributed by atoms with Gasteiger partial charge >= 0.3 is 0 Å². The summed E-state index contributed by atoms with van der Waals surface area (Å²) in [6, 6.07) is 69.1. The molecule has 1 aromatic heterocycles. The molecule has 2 heteroatoms. The van der Waals surface area contributed by atoms with Crippen molar-refractivity contribution in [3.05, 3.63) is 199 Å². The highest BCUT2D eigenvalue weighted by molar-refractivity contribution is 7.25. The molecule has 10 rings (SSSR count). The molecule has 1 heterocycles. The Morgan fingerprint density at radius 3 is 1.85 bits per heavy atom. The lowest BCUT2D eigenvalue weighted by atomic mass is 9.82. The van der Waals surface area contributed by atoms with Gasteiger partial charge in [0.1, 0.15) is 0 Å². The minimum atomic E-state index is -0.120. The Kier molecular flexibility index (Phi) is 7.42. The molecule has 53 heavy (non-hydrogen) atoms. The largest absolute Gasteiger partial charge is 0.310 e. The van der Waals surface area contributed by atoms with Gasteiger partial charge in [-0.25, -0.2) is 0 Å². The van der Waals surface area contributed by atoms with Crippen LogP contribution in [0.25, 0.3) is 64.7 Å². The second kappa shape index (κ2) is 12.5. The summed E-state index contributed by atoms with van der Waals surface area (Å²) >= 11 is 1.87. The fourth-order valence-corrected chi connectivity index (χ4v) is 9.77. The highest BCUT2D eigenvalue weighted by atomic mass is 32.1. The van der Waals surface area contributed by atoms with Gasteiger partial charge in [0.25, 0.3) is 0 Å². The maximum Gasteiger partial charge on any atom is 0.0546 e. The molecule has 0 saturated carbocycles. The van der Waals surface area contributed by atoms with Crippen molar-refractivity contribution in [1.29, 1.82) is 0 Å². The van der Waals surface area contributed by atoms with E-state index in [-0.39, 0.29) is 5.41 Å². The molecule has 0 radical (unpaired) electrons. The summed E-state index contributed by atoms with van der Waals surface area (Å²) in [6.07, 6.45) is 0. The van der Waals surface area contributed by atoms with Gasteiger partial charge in [0.15, 0.2) is 0 Å². The fourth-order valence-electron chi connectivity index (χ4n) is 8.64. The third-order valence-electron chi connectivity index (χ3n) is 11.1. The molecule has 0 amide bonds. The molecule has 252 valence electrons. The normalized spacial score (nSPS) is 12.9. The Hall–Kier alpha value is -6.22. The van der Waals surface area contributed by atoms with E-state index in [1.54, 1.807) is 0 Å². The number of para-hydroxylation sites is 1. The summed E-state index contributed by atoms with van der Waals surface area (Å²) in [5, 5.41) is 2.60. The SMILES string of the molecule is CC1(C)c2ccccc2-c2ccc(N(c3ccccc3)c3cccc(-c4ccccc4-c4ccccc4)c3-c3cccc4sc5ccccc5c34)cc21. The Morgan fingerprint density at radius 2 is 1.02 bits per heavy atom. The van der Waals surface area contributed by atoms with E-state index in [1.807, 2.05) is 11.3 Å². The van der Waals surface area contributed by atoms with E-state index in [9.17, 15) is 0 Å². The van der Waals surface area contributed by atoms with Gasteiger partial charge in [-0.3, -0.25) is 0 Å². The second-order valence-corrected chi connectivity index (χ2v) is 15.5. The van der Waals surface area contributed by atoms with E-state index in [0.717, 1.165) is 17.1 Å². The van der Waals surface area contributed by atoms with Crippen molar-refractivity contribution in [2.45, 2.75) is 19.3 Å². The molecule has 1 aliphatic rings. The zero-order valence-electron chi connectivity index (χ0n) is 29.8. The Morgan fingerprint density at radius 1 is 0.415 bits per heavy atom. The topological polar surface area (TPSA) is 3.24 Å². The molecule has 0 saturated heterocycles. The zero-order chi connectivity index (χ0) is 35.5. The van der Waals surface area contributed by atoms with E-state index in [2.05, 4.69) is 207 Å². The van der Waals surface area contributed by atoms with Crippen molar-refractivity contribution in [3.8, 4) is 44.5 Å². The molecular formula is C51H37NS. The van der Waals surface area contributed by atoms with Crippen molar-refractivity contribution in [2.75, 3.05) is 4.90 Å². The molecule has 0 unspecified atom stereocenters. The average molecular weight is 696 g/mol. The van der Waals surface area contributed by atoms with Crippen molar-refractivity contribution in [3.63, 3.8) is 0 Å². The van der Waals surface area contributed by atoms with Crippen LogP contribution in [0, 0.1) is 0 Å². The van der Waals surface area contributed by atoms with Gasteiger partial charge in [0, 0.05) is 42.5 Å². The molecule has 0 bridgehead atoms. The summed E-state index contributed by atoms with van der Waals surface area (Å²) in [4.78, 5) is 2.48. The van der Waals surface area contributed by atoms with Crippen LogP contribution in [0.1, 0.15) is 25.0 Å². The van der Waals surface area contributed by atoms with Gasteiger partial charge in [0.05, 0.1) is 5.69 Å². The van der Waals surface area contributed by atoms with Crippen LogP contribution in [0.15, 0.2) is 188 Å². The highest BCUT2D eigenvalue weighted by Gasteiger charge is 2.36. The first kappa shape index (κ1) is 31.5. The van der Waals surface area contributed by atoms with Crippen LogP contribution in [0.3, 0.4) is 0 Å². The first-order valence-electron chi connectivity index (χ1n) is 18.4. The Balaban J connectivity index is 1.30. The first-order valence-corrected chi connectivity index (χ1v) is 19.2. The molecule has 0 atom stereocenters. The molecule has 0 fully saturated rings. The number of rotatable bonds is 6. The minimum absolute atomic E-state index is 0.120. The molecule has 0 N–H and O–H groups in total. The number of thiophene rings is 1. The minimum Gasteiger partial charge on any atom is -0.310 e. The van der Waals surface area contributed by atoms with Gasteiger partial charge in [0.2, 0.25) is 0 Å². The van der Waals surface area contributed by atoms with Gasteiger partial charge < -0.3 is 4.90 Å². The molecule has 1 nitrogen and oxygen atoms in total. The van der Waals surface area contributed by atoms with Crippen molar-refractivity contribution in [2.24, 2.45) is 0 Å². The van der Waals surface area contributed by atoms with Gasteiger partial charge in [-0.05, 0) is 92.5 Å². The zero-order valence-corrected chi connectivity index (χ0v) is 30.6. The quantitative estimate of drug-likeness (QED) is 0.167. The van der Waals surface area contributed by atoms with E-state index in [4.69, 9.17) is 0 Å². The fraction of sp³-hybridized carbons (Fsp3) is 0.0588. The maximum atomic E-state index is 2.48. The lowest BCUT2D eigenvalue weighted by molar-refractivity contribution is 0.660. The number of benzene rings is 8. The van der Waals surface area contributed by atoms with Crippen LogP contribution in [0.2, 0.25) is 0 Å². The third kappa shape index (κ3) is 5.05.